The van der Waals surface area contributed by atoms with E-state index in [1.165, 1.54) is 23.1 Å². The van der Waals surface area contributed by atoms with Crippen molar-refractivity contribution in [2.45, 2.75) is 11.3 Å². The second-order valence-electron chi connectivity index (χ2n) is 5.33. The number of thioether (sulfide) groups is 1. The number of benzene rings is 2. The predicted molar refractivity (Wildman–Crippen MR) is 107 cm³/mol. The molecule has 3 rings (SSSR count). The van der Waals surface area contributed by atoms with Crippen molar-refractivity contribution < 1.29 is 14.3 Å². The van der Waals surface area contributed by atoms with E-state index in [-0.39, 0.29) is 17.4 Å². The number of nitrogens with zero attached hydrogens (tertiary/aromatic N) is 2. The van der Waals surface area contributed by atoms with Gasteiger partial charge in [0.05, 0.1) is 17.9 Å². The fourth-order valence-corrected chi connectivity index (χ4v) is 3.89. The SMILES string of the molecule is CCOc1ccccc1C(=O)Nc1nnc(SCC(=O)c2ccccc2)s1. The van der Waals surface area contributed by atoms with Crippen LogP contribution in [-0.2, 0) is 0 Å². The number of carbonyl (C=O) groups is 2. The molecule has 3 aromatic rings. The monoisotopic (exact) mass is 399 g/mol. The van der Waals surface area contributed by atoms with Crippen molar-refractivity contribution >= 4 is 39.9 Å². The summed E-state index contributed by atoms with van der Waals surface area (Å²) in [5, 5.41) is 11.1. The highest BCUT2D eigenvalue weighted by atomic mass is 32.2. The van der Waals surface area contributed by atoms with Gasteiger partial charge in [0.15, 0.2) is 10.1 Å². The molecular formula is C19H17N3O3S2. The van der Waals surface area contributed by atoms with Crippen LogP contribution in [0.5, 0.6) is 5.75 Å². The first-order valence-electron chi connectivity index (χ1n) is 8.25. The van der Waals surface area contributed by atoms with Crippen molar-refractivity contribution in [2.24, 2.45) is 0 Å². The molecule has 1 amide bonds. The molecule has 0 unspecified atom stereocenters. The fourth-order valence-electron chi connectivity index (χ4n) is 2.25. The molecule has 27 heavy (non-hydrogen) atoms. The zero-order valence-corrected chi connectivity index (χ0v) is 16.2. The zero-order valence-electron chi connectivity index (χ0n) is 14.5. The summed E-state index contributed by atoms with van der Waals surface area (Å²) in [5.41, 5.74) is 1.10. The highest BCUT2D eigenvalue weighted by Crippen LogP contribution is 2.27. The summed E-state index contributed by atoms with van der Waals surface area (Å²) in [6.07, 6.45) is 0. The van der Waals surface area contributed by atoms with Gasteiger partial charge < -0.3 is 4.74 Å². The Labute approximate surface area is 165 Å². The minimum Gasteiger partial charge on any atom is -0.493 e. The normalized spacial score (nSPS) is 10.4. The number of carbonyl (C=O) groups excluding carboxylic acids is 2. The third-order valence-corrected chi connectivity index (χ3v) is 5.45. The average molecular weight is 399 g/mol. The maximum Gasteiger partial charge on any atom is 0.261 e. The predicted octanol–water partition coefficient (Wildman–Crippen LogP) is 4.16. The van der Waals surface area contributed by atoms with E-state index < -0.39 is 0 Å². The van der Waals surface area contributed by atoms with Crippen LogP contribution in [0.25, 0.3) is 0 Å². The van der Waals surface area contributed by atoms with E-state index in [2.05, 4.69) is 15.5 Å². The molecule has 1 aromatic heterocycles. The van der Waals surface area contributed by atoms with Gasteiger partial charge in [-0.05, 0) is 19.1 Å². The minimum absolute atomic E-state index is 0.0204. The number of amides is 1. The molecule has 0 aliphatic rings. The number of aromatic nitrogens is 2. The summed E-state index contributed by atoms with van der Waals surface area (Å²) in [6.45, 7) is 2.33. The molecule has 0 fully saturated rings. The summed E-state index contributed by atoms with van der Waals surface area (Å²) < 4.78 is 6.09. The lowest BCUT2D eigenvalue weighted by Gasteiger charge is -2.08. The lowest BCUT2D eigenvalue weighted by molar-refractivity contribution is 0.101. The van der Waals surface area contributed by atoms with Crippen LogP contribution in [0.3, 0.4) is 0 Å². The van der Waals surface area contributed by atoms with Gasteiger partial charge in [-0.2, -0.15) is 0 Å². The summed E-state index contributed by atoms with van der Waals surface area (Å²) >= 11 is 2.53. The van der Waals surface area contributed by atoms with Gasteiger partial charge in [-0.15, -0.1) is 10.2 Å². The Bertz CT molecular complexity index is 929. The highest BCUT2D eigenvalue weighted by Gasteiger charge is 2.15. The molecule has 138 valence electrons. The largest absolute Gasteiger partial charge is 0.493 e. The van der Waals surface area contributed by atoms with Crippen molar-refractivity contribution in [1.82, 2.24) is 10.2 Å². The van der Waals surface area contributed by atoms with Crippen molar-refractivity contribution in [3.63, 3.8) is 0 Å². The number of para-hydroxylation sites is 1. The minimum atomic E-state index is -0.313. The number of rotatable bonds is 8. The second kappa shape index (κ2) is 9.29. The zero-order chi connectivity index (χ0) is 19.1. The third kappa shape index (κ3) is 5.15. The molecule has 1 heterocycles. The summed E-state index contributed by atoms with van der Waals surface area (Å²) in [4.78, 5) is 24.6. The van der Waals surface area contributed by atoms with Crippen molar-refractivity contribution in [1.29, 1.82) is 0 Å². The molecule has 2 aromatic carbocycles. The van der Waals surface area contributed by atoms with Gasteiger partial charge in [0.25, 0.3) is 5.91 Å². The van der Waals surface area contributed by atoms with Crippen LogP contribution in [0.1, 0.15) is 27.6 Å². The number of hydrogen-bond donors (Lipinski definition) is 1. The van der Waals surface area contributed by atoms with E-state index in [1.807, 2.05) is 31.2 Å². The van der Waals surface area contributed by atoms with E-state index >= 15 is 0 Å². The van der Waals surface area contributed by atoms with Gasteiger partial charge in [-0.25, -0.2) is 0 Å². The Hall–Kier alpha value is -2.71. The van der Waals surface area contributed by atoms with Gasteiger partial charge in [-0.1, -0.05) is 65.6 Å². The lowest BCUT2D eigenvalue weighted by Crippen LogP contribution is -2.13. The van der Waals surface area contributed by atoms with Crippen LogP contribution in [0.4, 0.5) is 5.13 Å². The average Bonchev–Trinajstić information content (AvgIpc) is 3.14. The van der Waals surface area contributed by atoms with Gasteiger partial charge in [0.2, 0.25) is 5.13 Å². The van der Waals surface area contributed by atoms with Crippen molar-refractivity contribution in [3.8, 4) is 5.75 Å². The molecule has 6 nitrogen and oxygen atoms in total. The second-order valence-corrected chi connectivity index (χ2v) is 7.53. The third-order valence-electron chi connectivity index (χ3n) is 3.48. The quantitative estimate of drug-likeness (QED) is 0.348. The molecule has 8 heteroatoms. The molecule has 1 N–H and O–H groups in total. The van der Waals surface area contributed by atoms with Gasteiger partial charge >= 0.3 is 0 Å². The smallest absolute Gasteiger partial charge is 0.261 e. The van der Waals surface area contributed by atoms with Crippen LogP contribution in [0, 0.1) is 0 Å². The Morgan fingerprint density at radius 1 is 1.07 bits per heavy atom. The summed E-state index contributed by atoms with van der Waals surface area (Å²) in [7, 11) is 0. The Morgan fingerprint density at radius 3 is 2.59 bits per heavy atom. The number of anilines is 1. The molecule has 0 saturated carbocycles. The number of ketones is 1. The molecule has 0 aliphatic heterocycles. The molecule has 0 radical (unpaired) electrons. The van der Waals surface area contributed by atoms with Crippen LogP contribution >= 0.6 is 23.1 Å². The lowest BCUT2D eigenvalue weighted by atomic mass is 10.2. The standard InChI is InChI=1S/C19H17N3O3S2/c1-2-25-16-11-7-6-10-14(16)17(24)20-18-21-22-19(27-18)26-12-15(23)13-8-4-3-5-9-13/h3-11H,2,12H2,1H3,(H,20,21,24). The Balaban J connectivity index is 1.59. The summed E-state index contributed by atoms with van der Waals surface area (Å²) in [5.74, 6) is 0.490. The maximum atomic E-state index is 12.5. The van der Waals surface area contributed by atoms with Crippen LogP contribution in [0.15, 0.2) is 58.9 Å². The number of Topliss-reactive ketones (excluding diaryl/α,β-unsaturated/α-hetero) is 1. The molecule has 0 spiro atoms. The number of ether oxygens (including phenoxy) is 1. The van der Waals surface area contributed by atoms with Crippen LogP contribution in [-0.4, -0.2) is 34.2 Å². The maximum absolute atomic E-state index is 12.5. The van der Waals surface area contributed by atoms with Gasteiger partial charge in [-0.3, -0.25) is 14.9 Å². The van der Waals surface area contributed by atoms with E-state index in [4.69, 9.17) is 4.74 Å². The molecule has 0 bridgehead atoms. The topological polar surface area (TPSA) is 81.2 Å². The van der Waals surface area contributed by atoms with E-state index in [1.54, 1.807) is 30.3 Å². The van der Waals surface area contributed by atoms with Gasteiger partial charge in [0, 0.05) is 5.56 Å². The van der Waals surface area contributed by atoms with E-state index in [9.17, 15) is 9.59 Å². The first kappa shape index (κ1) is 19.1. The van der Waals surface area contributed by atoms with Gasteiger partial charge in [0.1, 0.15) is 5.75 Å². The van der Waals surface area contributed by atoms with E-state index in [0.717, 1.165) is 0 Å². The van der Waals surface area contributed by atoms with Crippen LogP contribution in [0.2, 0.25) is 0 Å². The fraction of sp³-hybridized carbons (Fsp3) is 0.158. The summed E-state index contributed by atoms with van der Waals surface area (Å²) in [6, 6.07) is 16.1. The number of hydrogen-bond acceptors (Lipinski definition) is 7. The van der Waals surface area contributed by atoms with E-state index in [0.29, 0.717) is 33.0 Å². The Morgan fingerprint density at radius 2 is 1.81 bits per heavy atom. The first-order chi connectivity index (χ1) is 13.2. The van der Waals surface area contributed by atoms with Crippen molar-refractivity contribution in [3.05, 3.63) is 65.7 Å². The molecule has 0 atom stereocenters. The first-order valence-corrected chi connectivity index (χ1v) is 10.1. The Kier molecular flexibility index (Phi) is 6.56. The molecular weight excluding hydrogens is 382 g/mol. The van der Waals surface area contributed by atoms with Crippen molar-refractivity contribution in [2.75, 3.05) is 17.7 Å². The van der Waals surface area contributed by atoms with Crippen LogP contribution < -0.4 is 10.1 Å². The number of nitrogens with one attached hydrogen (secondary N) is 1. The molecule has 0 aliphatic carbocycles. The molecule has 0 saturated heterocycles. The highest BCUT2D eigenvalue weighted by molar-refractivity contribution is 8.01.